The number of aliphatic imine (C=N–C) groups is 1. The van der Waals surface area contributed by atoms with E-state index in [9.17, 15) is 14.4 Å². The second-order valence-electron chi connectivity index (χ2n) is 12.7. The third kappa shape index (κ3) is 6.14. The molecule has 1 atom stereocenters. The molecule has 0 bridgehead atoms. The van der Waals surface area contributed by atoms with Gasteiger partial charge in [-0.3, -0.25) is 24.4 Å². The molecule has 1 aliphatic rings. The summed E-state index contributed by atoms with van der Waals surface area (Å²) in [6.07, 6.45) is 3.33. The van der Waals surface area contributed by atoms with Gasteiger partial charge in [-0.15, -0.1) is 0 Å². The lowest BCUT2D eigenvalue weighted by atomic mass is 9.84. The summed E-state index contributed by atoms with van der Waals surface area (Å²) in [5.74, 6) is -1.50. The Kier molecular flexibility index (Phi) is 7.73. The molecule has 3 heterocycles. The van der Waals surface area contributed by atoms with Crippen molar-refractivity contribution in [2.45, 2.75) is 51.6 Å². The number of aromatic amines is 1. The zero-order chi connectivity index (χ0) is 32.6. The Bertz CT molecular complexity index is 1960. The van der Waals surface area contributed by atoms with Gasteiger partial charge in [0.25, 0.3) is 5.91 Å². The van der Waals surface area contributed by atoms with Gasteiger partial charge in [-0.05, 0) is 88.2 Å². The first-order chi connectivity index (χ1) is 21.9. The van der Waals surface area contributed by atoms with Crippen molar-refractivity contribution in [2.24, 2.45) is 4.99 Å². The molecule has 232 valence electrons. The highest BCUT2D eigenvalue weighted by Crippen LogP contribution is 2.38. The number of nitrogens with zero attached hydrogens (tertiary/aromatic N) is 3. The Balaban J connectivity index is 1.29. The number of carbonyl (C=O) groups is 3. The molecule has 0 aliphatic carbocycles. The Morgan fingerprint density at radius 1 is 0.935 bits per heavy atom. The number of imidazole rings is 1. The minimum atomic E-state index is -0.872. The third-order valence-electron chi connectivity index (χ3n) is 7.73. The van der Waals surface area contributed by atoms with Crippen molar-refractivity contribution in [3.63, 3.8) is 0 Å². The summed E-state index contributed by atoms with van der Waals surface area (Å²) in [5, 5.41) is 5.81. The third-order valence-corrected chi connectivity index (χ3v) is 7.73. The maximum absolute atomic E-state index is 13.5. The van der Waals surface area contributed by atoms with E-state index in [2.05, 4.69) is 25.6 Å². The number of para-hydroxylation sites is 2. The van der Waals surface area contributed by atoms with Crippen LogP contribution >= 0.6 is 0 Å². The van der Waals surface area contributed by atoms with Gasteiger partial charge < -0.3 is 20.4 Å². The van der Waals surface area contributed by atoms with Gasteiger partial charge in [-0.25, -0.2) is 4.98 Å². The average Bonchev–Trinajstić information content (AvgIpc) is 3.60. The lowest BCUT2D eigenvalue weighted by Crippen LogP contribution is -2.36. The molecule has 3 N–H and O–H groups in total. The fourth-order valence-electron chi connectivity index (χ4n) is 5.29. The molecule has 0 saturated heterocycles. The number of nitrogens with one attached hydrogen (secondary N) is 3. The van der Waals surface area contributed by atoms with Crippen LogP contribution < -0.4 is 10.6 Å². The van der Waals surface area contributed by atoms with Gasteiger partial charge >= 0.3 is 5.97 Å². The van der Waals surface area contributed by atoms with E-state index >= 15 is 0 Å². The summed E-state index contributed by atoms with van der Waals surface area (Å²) in [4.78, 5) is 56.0. The van der Waals surface area contributed by atoms with Gasteiger partial charge in [0.1, 0.15) is 11.5 Å². The molecule has 0 radical (unpaired) electrons. The fraction of sp³-hybridized carbons (Fsp3) is 0.222. The smallest absolute Gasteiger partial charge is 0.316 e. The predicted octanol–water partition coefficient (Wildman–Crippen LogP) is 6.69. The standard InChI is InChI=1S/C36H34N6O4/c1-35(2,3)46-34(45)36(4,5)22-12-14-23(15-13-22)38-30(21-9-8-18-37-20-21)29-25-17-16-24(19-28(25)42-32(29)43)39-33(44)31-40-26-10-6-7-11-27(26)41-31/h6-20,29H,1-5H3,(H,39,44)(H,40,41)(H,42,43). The van der Waals surface area contributed by atoms with Crippen molar-refractivity contribution >= 4 is 51.6 Å². The number of benzene rings is 3. The van der Waals surface area contributed by atoms with Gasteiger partial charge in [0.15, 0.2) is 5.82 Å². The number of fused-ring (bicyclic) bond motifs is 2. The summed E-state index contributed by atoms with van der Waals surface area (Å²) in [6, 6.07) is 23.7. The molecule has 2 aromatic heterocycles. The van der Waals surface area contributed by atoms with Crippen LogP contribution in [-0.2, 0) is 19.7 Å². The van der Waals surface area contributed by atoms with Gasteiger partial charge in [0.05, 0.1) is 27.8 Å². The number of carbonyl (C=O) groups excluding carboxylic acids is 3. The zero-order valence-corrected chi connectivity index (χ0v) is 26.2. The molecular formula is C36H34N6O4. The number of H-pyrrole nitrogens is 1. The molecule has 0 saturated carbocycles. The van der Waals surface area contributed by atoms with Crippen molar-refractivity contribution in [1.29, 1.82) is 0 Å². The second kappa shape index (κ2) is 11.7. The number of anilines is 2. The Hall–Kier alpha value is -5.64. The lowest BCUT2D eigenvalue weighted by Gasteiger charge is -2.28. The molecule has 0 spiro atoms. The van der Waals surface area contributed by atoms with E-state index < -0.39 is 22.8 Å². The fourth-order valence-corrected chi connectivity index (χ4v) is 5.29. The number of aromatic nitrogens is 3. The highest BCUT2D eigenvalue weighted by Gasteiger charge is 2.37. The minimum Gasteiger partial charge on any atom is -0.459 e. The number of hydrogen-bond acceptors (Lipinski definition) is 7. The van der Waals surface area contributed by atoms with E-state index in [1.54, 1.807) is 30.6 Å². The molecule has 6 rings (SSSR count). The van der Waals surface area contributed by atoms with Crippen LogP contribution in [0, 0.1) is 0 Å². The number of pyridine rings is 1. The van der Waals surface area contributed by atoms with Crippen LogP contribution in [0.2, 0.25) is 0 Å². The SMILES string of the molecule is CC(C)(C)OC(=O)C(C)(C)c1ccc(N=C(c2cccnc2)C2C(=O)Nc3cc(NC(=O)c4nc5ccccc5[nH]4)ccc32)cc1. The molecule has 2 amide bonds. The lowest BCUT2D eigenvalue weighted by molar-refractivity contribution is -0.160. The summed E-state index contributed by atoms with van der Waals surface area (Å²) >= 11 is 0. The molecule has 3 aromatic carbocycles. The van der Waals surface area contributed by atoms with E-state index in [0.29, 0.717) is 33.9 Å². The van der Waals surface area contributed by atoms with Crippen molar-refractivity contribution in [3.05, 3.63) is 114 Å². The molecule has 5 aromatic rings. The Labute approximate surface area is 266 Å². The minimum absolute atomic E-state index is 0.190. The van der Waals surface area contributed by atoms with Crippen molar-refractivity contribution in [2.75, 3.05) is 10.6 Å². The van der Waals surface area contributed by atoms with Crippen LogP contribution in [0.1, 0.15) is 67.8 Å². The first-order valence-electron chi connectivity index (χ1n) is 14.9. The van der Waals surface area contributed by atoms with Gasteiger partial charge in [-0.2, -0.15) is 0 Å². The van der Waals surface area contributed by atoms with Crippen molar-refractivity contribution < 1.29 is 19.1 Å². The zero-order valence-electron chi connectivity index (χ0n) is 26.2. The highest BCUT2D eigenvalue weighted by molar-refractivity contribution is 6.24. The van der Waals surface area contributed by atoms with E-state index in [1.807, 2.05) is 95.3 Å². The monoisotopic (exact) mass is 614 g/mol. The topological polar surface area (TPSA) is 138 Å². The van der Waals surface area contributed by atoms with Crippen LogP contribution in [0.5, 0.6) is 0 Å². The summed E-state index contributed by atoms with van der Waals surface area (Å²) in [5.41, 5.74) is 4.39. The molecular weight excluding hydrogens is 580 g/mol. The van der Waals surface area contributed by atoms with E-state index in [1.165, 1.54) is 0 Å². The second-order valence-corrected chi connectivity index (χ2v) is 12.7. The number of esters is 1. The highest BCUT2D eigenvalue weighted by atomic mass is 16.6. The van der Waals surface area contributed by atoms with Crippen LogP contribution in [-0.4, -0.2) is 44.0 Å². The molecule has 1 unspecified atom stereocenters. The predicted molar refractivity (Wildman–Crippen MR) is 178 cm³/mol. The maximum atomic E-state index is 13.5. The van der Waals surface area contributed by atoms with Crippen LogP contribution in [0.4, 0.5) is 17.1 Å². The number of ether oxygens (including phenoxy) is 1. The number of rotatable bonds is 7. The first-order valence-corrected chi connectivity index (χ1v) is 14.9. The number of amides is 2. The quantitative estimate of drug-likeness (QED) is 0.138. The van der Waals surface area contributed by atoms with Crippen LogP contribution in [0.15, 0.2) is 96.2 Å². The summed E-state index contributed by atoms with van der Waals surface area (Å²) in [7, 11) is 0. The number of hydrogen-bond donors (Lipinski definition) is 3. The molecule has 1 aliphatic heterocycles. The maximum Gasteiger partial charge on any atom is 0.316 e. The largest absolute Gasteiger partial charge is 0.459 e. The first kappa shape index (κ1) is 30.4. The van der Waals surface area contributed by atoms with Gasteiger partial charge in [-0.1, -0.05) is 36.4 Å². The van der Waals surface area contributed by atoms with Crippen LogP contribution in [0.25, 0.3) is 11.0 Å². The van der Waals surface area contributed by atoms with E-state index in [0.717, 1.165) is 16.6 Å². The molecule has 46 heavy (non-hydrogen) atoms. The average molecular weight is 615 g/mol. The van der Waals surface area contributed by atoms with Gasteiger partial charge in [0.2, 0.25) is 5.91 Å². The molecule has 0 fully saturated rings. The van der Waals surface area contributed by atoms with Gasteiger partial charge in [0, 0.05) is 29.3 Å². The summed E-state index contributed by atoms with van der Waals surface area (Å²) in [6.45, 7) is 9.18. The molecule has 10 nitrogen and oxygen atoms in total. The van der Waals surface area contributed by atoms with E-state index in [-0.39, 0.29) is 17.7 Å². The summed E-state index contributed by atoms with van der Waals surface area (Å²) < 4.78 is 5.64. The Morgan fingerprint density at radius 3 is 2.39 bits per heavy atom. The van der Waals surface area contributed by atoms with Crippen molar-refractivity contribution in [1.82, 2.24) is 15.0 Å². The Morgan fingerprint density at radius 2 is 1.70 bits per heavy atom. The molecule has 10 heteroatoms. The van der Waals surface area contributed by atoms with Crippen molar-refractivity contribution in [3.8, 4) is 0 Å². The normalized spacial score (nSPS) is 14.9. The van der Waals surface area contributed by atoms with Crippen LogP contribution in [0.3, 0.4) is 0 Å². The van der Waals surface area contributed by atoms with E-state index in [4.69, 9.17) is 9.73 Å².